The number of nitrogens with zero attached hydrogens (tertiary/aromatic N) is 2. The Bertz CT molecular complexity index is 508. The van der Waals surface area contributed by atoms with E-state index in [1.165, 1.54) is 0 Å². The molecule has 2 rings (SSSR count). The fourth-order valence-corrected chi connectivity index (χ4v) is 2.81. The number of nitrogens with one attached hydrogen (secondary N) is 1. The van der Waals surface area contributed by atoms with Crippen molar-refractivity contribution in [3.8, 4) is 0 Å². The lowest BCUT2D eigenvalue weighted by Gasteiger charge is -2.27. The number of rotatable bonds is 5. The van der Waals surface area contributed by atoms with Crippen LogP contribution in [0, 0.1) is 12.8 Å². The van der Waals surface area contributed by atoms with Gasteiger partial charge in [0, 0.05) is 18.5 Å². The zero-order chi connectivity index (χ0) is 15.4. The van der Waals surface area contributed by atoms with Crippen LogP contribution in [0.2, 0.25) is 0 Å². The lowest BCUT2D eigenvalue weighted by molar-refractivity contribution is -0.140. The molecule has 0 spiro atoms. The van der Waals surface area contributed by atoms with E-state index in [9.17, 15) is 9.59 Å². The molecule has 1 aromatic rings. The maximum Gasteiger partial charge on any atom is 0.248 e. The van der Waals surface area contributed by atoms with Gasteiger partial charge >= 0.3 is 0 Å². The predicted molar refractivity (Wildman–Crippen MR) is 78.7 cm³/mol. The molecule has 21 heavy (non-hydrogen) atoms. The van der Waals surface area contributed by atoms with Crippen LogP contribution in [-0.2, 0) is 9.59 Å². The average Bonchev–Trinajstić information content (AvgIpc) is 3.09. The highest BCUT2D eigenvalue weighted by Gasteiger charge is 2.36. The predicted octanol–water partition coefficient (Wildman–Crippen LogP) is 2.35. The maximum atomic E-state index is 12.5. The Kier molecular flexibility index (Phi) is 4.98. The average molecular weight is 293 g/mol. The third kappa shape index (κ3) is 3.43. The molecule has 1 aliphatic heterocycles. The van der Waals surface area contributed by atoms with Crippen molar-refractivity contribution in [2.24, 2.45) is 5.92 Å². The third-order valence-corrected chi connectivity index (χ3v) is 4.05. The molecule has 116 valence electrons. The fourth-order valence-electron chi connectivity index (χ4n) is 2.81. The molecule has 1 fully saturated rings. The topological polar surface area (TPSA) is 75.4 Å². The van der Waals surface area contributed by atoms with Crippen molar-refractivity contribution in [3.63, 3.8) is 0 Å². The number of carbonyl (C=O) groups is 2. The van der Waals surface area contributed by atoms with E-state index in [0.29, 0.717) is 24.5 Å². The van der Waals surface area contributed by atoms with Gasteiger partial charge in [0.1, 0.15) is 11.8 Å². The first-order valence-corrected chi connectivity index (χ1v) is 7.61. The highest BCUT2D eigenvalue weighted by atomic mass is 16.5. The number of hydrogen-bond acceptors (Lipinski definition) is 4. The van der Waals surface area contributed by atoms with Crippen molar-refractivity contribution in [2.75, 3.05) is 11.9 Å². The Balaban J connectivity index is 2.03. The smallest absolute Gasteiger partial charge is 0.248 e. The van der Waals surface area contributed by atoms with Crippen LogP contribution in [0.5, 0.6) is 0 Å². The van der Waals surface area contributed by atoms with Gasteiger partial charge in [0.25, 0.3) is 0 Å². The third-order valence-electron chi connectivity index (χ3n) is 4.05. The minimum atomic E-state index is -0.393. The minimum Gasteiger partial charge on any atom is -0.360 e. The molecule has 6 nitrogen and oxygen atoms in total. The fraction of sp³-hybridized carbons (Fsp3) is 0.667. The number of hydrogen-bond donors (Lipinski definition) is 1. The number of amides is 2. The van der Waals surface area contributed by atoms with E-state index in [1.54, 1.807) is 17.9 Å². The van der Waals surface area contributed by atoms with Crippen LogP contribution in [0.25, 0.3) is 0 Å². The zero-order valence-corrected chi connectivity index (χ0v) is 12.9. The first-order chi connectivity index (χ1) is 10.1. The number of aromatic nitrogens is 1. The number of likely N-dealkylation sites (tertiary alicyclic amines) is 1. The summed E-state index contributed by atoms with van der Waals surface area (Å²) in [6, 6.07) is 1.27. The summed E-state index contributed by atoms with van der Waals surface area (Å²) in [5, 5.41) is 6.48. The molecule has 1 aromatic heterocycles. The van der Waals surface area contributed by atoms with Crippen LogP contribution in [-0.4, -0.2) is 34.5 Å². The van der Waals surface area contributed by atoms with Crippen LogP contribution in [0.1, 0.15) is 45.3 Å². The molecular formula is C15H23N3O3. The van der Waals surface area contributed by atoms with Crippen molar-refractivity contribution in [1.82, 2.24) is 10.1 Å². The molecule has 2 amide bonds. The van der Waals surface area contributed by atoms with E-state index >= 15 is 0 Å². The molecule has 1 N–H and O–H groups in total. The quantitative estimate of drug-likeness (QED) is 0.904. The Labute approximate surface area is 124 Å². The Hall–Kier alpha value is -1.85. The molecular weight excluding hydrogens is 270 g/mol. The van der Waals surface area contributed by atoms with E-state index in [1.807, 2.05) is 13.8 Å². The summed E-state index contributed by atoms with van der Waals surface area (Å²) in [5.74, 6) is 0.961. The summed E-state index contributed by atoms with van der Waals surface area (Å²) in [4.78, 5) is 26.6. The Morgan fingerprint density at radius 2 is 2.19 bits per heavy atom. The molecule has 1 atom stereocenters. The van der Waals surface area contributed by atoms with Crippen LogP contribution >= 0.6 is 0 Å². The SMILES string of the molecule is CCC(CC)C(=O)N1CCC[C@H]1C(=O)Nc1cc(C)on1. The number of anilines is 1. The number of aryl methyl sites for hydroxylation is 1. The van der Waals surface area contributed by atoms with Crippen molar-refractivity contribution in [3.05, 3.63) is 11.8 Å². The highest BCUT2D eigenvalue weighted by molar-refractivity contribution is 5.97. The van der Waals surface area contributed by atoms with E-state index in [0.717, 1.165) is 19.3 Å². The van der Waals surface area contributed by atoms with Gasteiger partial charge in [-0.25, -0.2) is 0 Å². The van der Waals surface area contributed by atoms with Gasteiger partial charge in [0.2, 0.25) is 11.8 Å². The molecule has 1 aliphatic rings. The van der Waals surface area contributed by atoms with E-state index in [-0.39, 0.29) is 17.7 Å². The first kappa shape index (κ1) is 15.5. The molecule has 0 aromatic carbocycles. The van der Waals surface area contributed by atoms with E-state index in [2.05, 4.69) is 10.5 Å². The molecule has 2 heterocycles. The standard InChI is InChI=1S/C15H23N3O3/c1-4-11(5-2)15(20)18-8-6-7-12(18)14(19)16-13-9-10(3)21-17-13/h9,11-12H,4-8H2,1-3H3,(H,16,17,19)/t12-/m0/s1. The normalized spacial score (nSPS) is 18.3. The van der Waals surface area contributed by atoms with Crippen molar-refractivity contribution in [2.45, 2.75) is 52.5 Å². The zero-order valence-electron chi connectivity index (χ0n) is 12.9. The van der Waals surface area contributed by atoms with Crippen LogP contribution in [0.4, 0.5) is 5.82 Å². The van der Waals surface area contributed by atoms with Gasteiger partial charge < -0.3 is 14.7 Å². The van der Waals surface area contributed by atoms with Gasteiger partial charge in [0.15, 0.2) is 5.82 Å². The van der Waals surface area contributed by atoms with Gasteiger partial charge in [-0.1, -0.05) is 19.0 Å². The van der Waals surface area contributed by atoms with Crippen molar-refractivity contribution < 1.29 is 14.1 Å². The molecule has 1 saturated heterocycles. The summed E-state index contributed by atoms with van der Waals surface area (Å²) in [7, 11) is 0. The summed E-state index contributed by atoms with van der Waals surface area (Å²) < 4.78 is 4.93. The molecule has 0 radical (unpaired) electrons. The van der Waals surface area contributed by atoms with Gasteiger partial charge in [-0.2, -0.15) is 0 Å². The van der Waals surface area contributed by atoms with Crippen molar-refractivity contribution in [1.29, 1.82) is 0 Å². The second kappa shape index (κ2) is 6.74. The second-order valence-electron chi connectivity index (χ2n) is 5.52. The van der Waals surface area contributed by atoms with Gasteiger partial charge in [-0.05, 0) is 32.6 Å². The van der Waals surface area contributed by atoms with Crippen LogP contribution < -0.4 is 5.32 Å². The molecule has 0 unspecified atom stereocenters. The molecule has 0 aliphatic carbocycles. The van der Waals surface area contributed by atoms with E-state index < -0.39 is 6.04 Å². The summed E-state index contributed by atoms with van der Waals surface area (Å²) in [6.07, 6.45) is 3.18. The molecule has 6 heteroatoms. The largest absolute Gasteiger partial charge is 0.360 e. The van der Waals surface area contributed by atoms with Gasteiger partial charge in [0.05, 0.1) is 0 Å². The highest BCUT2D eigenvalue weighted by Crippen LogP contribution is 2.23. The Morgan fingerprint density at radius 1 is 1.48 bits per heavy atom. The lowest BCUT2D eigenvalue weighted by atomic mass is 10.0. The van der Waals surface area contributed by atoms with Crippen LogP contribution in [0.3, 0.4) is 0 Å². The summed E-state index contributed by atoms with van der Waals surface area (Å²) in [5.41, 5.74) is 0. The number of carbonyl (C=O) groups excluding carboxylic acids is 2. The molecule has 0 bridgehead atoms. The van der Waals surface area contributed by atoms with Crippen LogP contribution in [0.15, 0.2) is 10.6 Å². The molecule has 0 saturated carbocycles. The monoisotopic (exact) mass is 293 g/mol. The summed E-state index contributed by atoms with van der Waals surface area (Å²) >= 11 is 0. The Morgan fingerprint density at radius 3 is 2.76 bits per heavy atom. The summed E-state index contributed by atoms with van der Waals surface area (Å²) in [6.45, 7) is 6.44. The lowest BCUT2D eigenvalue weighted by Crippen LogP contribution is -2.45. The minimum absolute atomic E-state index is 0.00712. The van der Waals surface area contributed by atoms with E-state index in [4.69, 9.17) is 4.52 Å². The van der Waals surface area contributed by atoms with Gasteiger partial charge in [-0.3, -0.25) is 9.59 Å². The first-order valence-electron chi connectivity index (χ1n) is 7.61. The second-order valence-corrected chi connectivity index (χ2v) is 5.52. The maximum absolute atomic E-state index is 12.5. The van der Waals surface area contributed by atoms with Gasteiger partial charge in [-0.15, -0.1) is 0 Å². The van der Waals surface area contributed by atoms with Crippen molar-refractivity contribution >= 4 is 17.6 Å².